The van der Waals surface area contributed by atoms with E-state index in [1.165, 1.54) is 18.2 Å². The van der Waals surface area contributed by atoms with E-state index < -0.39 is 23.6 Å². The Labute approximate surface area is 171 Å². The van der Waals surface area contributed by atoms with Crippen molar-refractivity contribution in [3.05, 3.63) is 58.9 Å². The minimum atomic E-state index is -4.39. The van der Waals surface area contributed by atoms with Crippen LogP contribution < -0.4 is 10.2 Å². The molecule has 0 spiro atoms. The lowest BCUT2D eigenvalue weighted by Gasteiger charge is -2.38. The Morgan fingerprint density at radius 3 is 2.41 bits per heavy atom. The van der Waals surface area contributed by atoms with Crippen molar-refractivity contribution in [3.63, 3.8) is 0 Å². The average Bonchev–Trinajstić information content (AvgIpc) is 2.69. The van der Waals surface area contributed by atoms with Gasteiger partial charge in [0.15, 0.2) is 0 Å². The maximum atomic E-state index is 13.9. The number of carbonyl (C=O) groups excluding carboxylic acids is 1. The molecule has 1 fully saturated rings. The summed E-state index contributed by atoms with van der Waals surface area (Å²) < 4.78 is 52.6. The van der Waals surface area contributed by atoms with Gasteiger partial charge in [-0.15, -0.1) is 0 Å². The molecule has 1 amide bonds. The summed E-state index contributed by atoms with van der Waals surface area (Å²) in [6.45, 7) is 3.66. The molecular weight excluding hydrogens is 410 g/mol. The van der Waals surface area contributed by atoms with Crippen molar-refractivity contribution in [1.82, 2.24) is 4.90 Å². The number of amides is 1. The van der Waals surface area contributed by atoms with Crippen LogP contribution >= 0.6 is 11.6 Å². The van der Waals surface area contributed by atoms with Crippen molar-refractivity contribution in [2.45, 2.75) is 19.1 Å². The number of hydrogen-bond acceptors (Lipinski definition) is 3. The lowest BCUT2D eigenvalue weighted by atomic mass is 10.1. The van der Waals surface area contributed by atoms with Gasteiger partial charge in [-0.25, -0.2) is 4.39 Å². The first-order valence-electron chi connectivity index (χ1n) is 9.07. The molecule has 1 heterocycles. The maximum Gasteiger partial charge on any atom is 0.416 e. The SMILES string of the molecule is CC(C(=O)Nc1ccc(Cl)cc1F)N1CCN(c2cccc(C(F)(F)F)c2)CC1. The molecule has 4 nitrogen and oxygen atoms in total. The summed E-state index contributed by atoms with van der Waals surface area (Å²) in [5.74, 6) is -0.980. The molecule has 0 aromatic heterocycles. The Morgan fingerprint density at radius 1 is 1.10 bits per heavy atom. The van der Waals surface area contributed by atoms with Gasteiger partial charge in [0.05, 0.1) is 17.3 Å². The third kappa shape index (κ3) is 5.19. The average molecular weight is 430 g/mol. The Morgan fingerprint density at radius 2 is 1.79 bits per heavy atom. The number of carbonyl (C=O) groups is 1. The lowest BCUT2D eigenvalue weighted by Crippen LogP contribution is -2.52. The molecule has 0 aliphatic carbocycles. The van der Waals surface area contributed by atoms with Gasteiger partial charge < -0.3 is 10.2 Å². The molecule has 9 heteroatoms. The Kier molecular flexibility index (Phi) is 6.33. The number of rotatable bonds is 4. The van der Waals surface area contributed by atoms with Crippen molar-refractivity contribution in [2.75, 3.05) is 36.4 Å². The van der Waals surface area contributed by atoms with Crippen LogP contribution in [0.2, 0.25) is 5.02 Å². The van der Waals surface area contributed by atoms with Crippen LogP contribution in [0.15, 0.2) is 42.5 Å². The van der Waals surface area contributed by atoms with E-state index in [-0.39, 0.29) is 16.6 Å². The lowest BCUT2D eigenvalue weighted by molar-refractivity contribution is -0.137. The smallest absolute Gasteiger partial charge is 0.369 e. The minimum Gasteiger partial charge on any atom is -0.369 e. The number of alkyl halides is 3. The standard InChI is InChI=1S/C20H20ClF4N3O/c1-13(19(29)26-18-6-5-15(21)12-17(18)22)27-7-9-28(10-8-27)16-4-2-3-14(11-16)20(23,24)25/h2-6,11-13H,7-10H2,1H3,(H,26,29). The summed E-state index contributed by atoms with van der Waals surface area (Å²) in [5.41, 5.74) is -0.135. The van der Waals surface area contributed by atoms with Gasteiger partial charge in [-0.05, 0) is 43.3 Å². The molecule has 0 saturated carbocycles. The van der Waals surface area contributed by atoms with E-state index in [2.05, 4.69) is 5.32 Å². The van der Waals surface area contributed by atoms with Gasteiger partial charge in [-0.1, -0.05) is 17.7 Å². The van der Waals surface area contributed by atoms with E-state index in [4.69, 9.17) is 11.6 Å². The molecule has 0 radical (unpaired) electrons. The van der Waals surface area contributed by atoms with Crippen molar-refractivity contribution < 1.29 is 22.4 Å². The van der Waals surface area contributed by atoms with Crippen LogP contribution in [0.25, 0.3) is 0 Å². The summed E-state index contributed by atoms with van der Waals surface area (Å²) in [6.07, 6.45) is -4.39. The molecule has 1 unspecified atom stereocenters. The van der Waals surface area contributed by atoms with Crippen LogP contribution in [0.5, 0.6) is 0 Å². The highest BCUT2D eigenvalue weighted by Gasteiger charge is 2.31. The third-order valence-electron chi connectivity index (χ3n) is 4.97. The third-order valence-corrected chi connectivity index (χ3v) is 5.20. The first-order valence-corrected chi connectivity index (χ1v) is 9.45. The first-order chi connectivity index (χ1) is 13.6. The summed E-state index contributed by atoms with van der Waals surface area (Å²) in [7, 11) is 0. The highest BCUT2D eigenvalue weighted by molar-refractivity contribution is 6.30. The first kappa shape index (κ1) is 21.4. The quantitative estimate of drug-likeness (QED) is 0.719. The summed E-state index contributed by atoms with van der Waals surface area (Å²) in [4.78, 5) is 16.2. The van der Waals surface area contributed by atoms with E-state index in [1.807, 2.05) is 9.80 Å². The van der Waals surface area contributed by atoms with Crippen LogP contribution in [0.4, 0.5) is 28.9 Å². The zero-order valence-electron chi connectivity index (χ0n) is 15.6. The number of hydrogen-bond donors (Lipinski definition) is 1. The molecule has 3 rings (SSSR count). The number of benzene rings is 2. The Balaban J connectivity index is 1.59. The van der Waals surface area contributed by atoms with Gasteiger partial charge >= 0.3 is 6.18 Å². The second-order valence-corrected chi connectivity index (χ2v) is 7.30. The second kappa shape index (κ2) is 8.59. The monoisotopic (exact) mass is 429 g/mol. The molecule has 1 saturated heterocycles. The topological polar surface area (TPSA) is 35.6 Å². The molecular formula is C20H20ClF4N3O. The second-order valence-electron chi connectivity index (χ2n) is 6.86. The largest absolute Gasteiger partial charge is 0.416 e. The van der Waals surface area contributed by atoms with Crippen molar-refractivity contribution in [2.24, 2.45) is 0 Å². The zero-order valence-corrected chi connectivity index (χ0v) is 16.4. The summed E-state index contributed by atoms with van der Waals surface area (Å²) in [6, 6.07) is 8.69. The van der Waals surface area contributed by atoms with Crippen LogP contribution in [0.3, 0.4) is 0 Å². The van der Waals surface area contributed by atoms with Gasteiger partial charge in [0.2, 0.25) is 5.91 Å². The zero-order chi connectivity index (χ0) is 21.2. The van der Waals surface area contributed by atoms with Gasteiger partial charge in [0, 0.05) is 36.9 Å². The van der Waals surface area contributed by atoms with Crippen molar-refractivity contribution in [1.29, 1.82) is 0 Å². The fraction of sp³-hybridized carbons (Fsp3) is 0.350. The molecule has 2 aromatic rings. The normalized spacial score (nSPS) is 16.6. The number of anilines is 2. The fourth-order valence-electron chi connectivity index (χ4n) is 3.24. The molecule has 2 aromatic carbocycles. The van der Waals surface area contributed by atoms with Crippen molar-refractivity contribution in [3.8, 4) is 0 Å². The molecule has 0 bridgehead atoms. The van der Waals surface area contributed by atoms with Gasteiger partial charge in [-0.3, -0.25) is 9.69 Å². The van der Waals surface area contributed by atoms with E-state index in [9.17, 15) is 22.4 Å². The van der Waals surface area contributed by atoms with Gasteiger partial charge in [0.25, 0.3) is 0 Å². The molecule has 1 atom stereocenters. The predicted molar refractivity (Wildman–Crippen MR) is 105 cm³/mol. The highest BCUT2D eigenvalue weighted by atomic mass is 35.5. The molecule has 1 N–H and O–H groups in total. The fourth-order valence-corrected chi connectivity index (χ4v) is 3.40. The Hall–Kier alpha value is -2.32. The van der Waals surface area contributed by atoms with Crippen LogP contribution in [-0.2, 0) is 11.0 Å². The van der Waals surface area contributed by atoms with Gasteiger partial charge in [0.1, 0.15) is 5.82 Å². The summed E-state index contributed by atoms with van der Waals surface area (Å²) in [5, 5.41) is 2.78. The van der Waals surface area contributed by atoms with Crippen LogP contribution in [-0.4, -0.2) is 43.0 Å². The van der Waals surface area contributed by atoms with Crippen molar-refractivity contribution >= 4 is 28.9 Å². The van der Waals surface area contributed by atoms with Crippen LogP contribution in [0, 0.1) is 5.82 Å². The molecule has 1 aliphatic rings. The van der Waals surface area contributed by atoms with E-state index in [0.717, 1.165) is 18.2 Å². The van der Waals surface area contributed by atoms with E-state index >= 15 is 0 Å². The molecule has 156 valence electrons. The number of piperazine rings is 1. The van der Waals surface area contributed by atoms with E-state index in [1.54, 1.807) is 13.0 Å². The summed E-state index contributed by atoms with van der Waals surface area (Å²) >= 11 is 5.71. The van der Waals surface area contributed by atoms with Gasteiger partial charge in [-0.2, -0.15) is 13.2 Å². The minimum absolute atomic E-state index is 0.0499. The predicted octanol–water partition coefficient (Wildman–Crippen LogP) is 4.65. The maximum absolute atomic E-state index is 13.9. The number of nitrogens with zero attached hydrogens (tertiary/aromatic N) is 2. The molecule has 1 aliphatic heterocycles. The highest BCUT2D eigenvalue weighted by Crippen LogP contribution is 2.32. The molecule has 29 heavy (non-hydrogen) atoms. The number of halogens is 5. The van der Waals surface area contributed by atoms with E-state index in [0.29, 0.717) is 31.9 Å². The Bertz CT molecular complexity index is 882. The van der Waals surface area contributed by atoms with Crippen LogP contribution in [0.1, 0.15) is 12.5 Å². The number of nitrogens with one attached hydrogen (secondary N) is 1.